The van der Waals surface area contributed by atoms with Crippen LogP contribution in [0.3, 0.4) is 0 Å². The maximum absolute atomic E-state index is 8.61. The second kappa shape index (κ2) is 5.29. The van der Waals surface area contributed by atoms with Gasteiger partial charge < -0.3 is 15.8 Å². The molecule has 0 bridgehead atoms. The molecule has 0 spiro atoms. The van der Waals surface area contributed by atoms with Crippen molar-refractivity contribution in [2.24, 2.45) is 16.3 Å². The second-order valence-electron chi connectivity index (χ2n) is 5.69. The second-order valence-corrected chi connectivity index (χ2v) is 5.69. The summed E-state index contributed by atoms with van der Waals surface area (Å²) in [5.74, 6) is 0.132. The molecule has 0 aromatic heterocycles. The Hall–Kier alpha value is -1.71. The summed E-state index contributed by atoms with van der Waals surface area (Å²) in [6, 6.07) is 8.09. The topological polar surface area (TPSA) is 61.8 Å². The van der Waals surface area contributed by atoms with Crippen LogP contribution in [-0.2, 0) is 0 Å². The van der Waals surface area contributed by atoms with E-state index in [0.29, 0.717) is 6.04 Å². The number of amidine groups is 1. The molecular weight excluding hydrogens is 226 g/mol. The third kappa shape index (κ3) is 3.15. The van der Waals surface area contributed by atoms with Crippen LogP contribution in [0.5, 0.6) is 0 Å². The average Bonchev–Trinajstić information content (AvgIpc) is 2.35. The van der Waals surface area contributed by atoms with Crippen molar-refractivity contribution in [2.75, 3.05) is 11.9 Å². The van der Waals surface area contributed by atoms with Gasteiger partial charge in [-0.2, -0.15) is 0 Å². The minimum Gasteiger partial charge on any atom is -0.409 e. The van der Waals surface area contributed by atoms with Crippen molar-refractivity contribution in [2.45, 2.75) is 33.7 Å². The minimum absolute atomic E-state index is 0.132. The van der Waals surface area contributed by atoms with E-state index in [9.17, 15) is 0 Å². The fourth-order valence-electron chi connectivity index (χ4n) is 1.73. The lowest BCUT2D eigenvalue weighted by Crippen LogP contribution is -2.39. The van der Waals surface area contributed by atoms with Gasteiger partial charge in [-0.3, -0.25) is 0 Å². The molecule has 4 nitrogen and oxygen atoms in total. The summed E-state index contributed by atoms with van der Waals surface area (Å²) >= 11 is 0. The van der Waals surface area contributed by atoms with Crippen LogP contribution in [0.4, 0.5) is 5.69 Å². The van der Waals surface area contributed by atoms with Gasteiger partial charge in [0.1, 0.15) is 0 Å². The molecule has 0 aliphatic heterocycles. The first kappa shape index (κ1) is 14.4. The largest absolute Gasteiger partial charge is 0.409 e. The number of oxime groups is 1. The van der Waals surface area contributed by atoms with E-state index in [1.54, 1.807) is 0 Å². The number of hydrogen-bond acceptors (Lipinski definition) is 3. The van der Waals surface area contributed by atoms with Gasteiger partial charge in [0.05, 0.1) is 0 Å². The number of nitrogens with two attached hydrogens (primary N) is 1. The summed E-state index contributed by atoms with van der Waals surface area (Å²) in [5, 5.41) is 11.6. The third-order valence-corrected chi connectivity index (χ3v) is 3.51. The molecule has 1 atom stereocenters. The molecule has 1 aromatic carbocycles. The van der Waals surface area contributed by atoms with Crippen LogP contribution in [0, 0.1) is 5.41 Å². The lowest BCUT2D eigenvalue weighted by molar-refractivity contribution is 0.318. The van der Waals surface area contributed by atoms with Crippen molar-refractivity contribution in [3.8, 4) is 0 Å². The van der Waals surface area contributed by atoms with Gasteiger partial charge >= 0.3 is 0 Å². The standard InChI is InChI=1S/C14H23N3O/c1-10(14(2,3)4)17(5)12-8-6-11(7-9-12)13(15)16-18/h6-10,18H,1-5H3,(H2,15,16). The summed E-state index contributed by atoms with van der Waals surface area (Å²) < 4.78 is 0. The van der Waals surface area contributed by atoms with Crippen LogP contribution in [0.2, 0.25) is 0 Å². The highest BCUT2D eigenvalue weighted by Crippen LogP contribution is 2.27. The fraction of sp³-hybridized carbons (Fsp3) is 0.500. The van der Waals surface area contributed by atoms with Crippen molar-refractivity contribution in [1.29, 1.82) is 0 Å². The van der Waals surface area contributed by atoms with Gasteiger partial charge in [0.2, 0.25) is 0 Å². The van der Waals surface area contributed by atoms with Crippen LogP contribution in [0.25, 0.3) is 0 Å². The normalized spacial score (nSPS) is 14.4. The van der Waals surface area contributed by atoms with E-state index in [4.69, 9.17) is 10.9 Å². The Morgan fingerprint density at radius 3 is 2.17 bits per heavy atom. The van der Waals surface area contributed by atoms with Gasteiger partial charge in [-0.15, -0.1) is 0 Å². The Balaban J connectivity index is 2.92. The molecule has 1 unspecified atom stereocenters. The summed E-state index contributed by atoms with van der Waals surface area (Å²) in [6.07, 6.45) is 0. The Morgan fingerprint density at radius 2 is 1.78 bits per heavy atom. The zero-order valence-corrected chi connectivity index (χ0v) is 11.8. The molecule has 0 radical (unpaired) electrons. The predicted molar refractivity (Wildman–Crippen MR) is 76.3 cm³/mol. The Bertz CT molecular complexity index is 418. The van der Waals surface area contributed by atoms with E-state index < -0.39 is 0 Å². The first-order valence-electron chi connectivity index (χ1n) is 6.08. The van der Waals surface area contributed by atoms with E-state index >= 15 is 0 Å². The minimum atomic E-state index is 0.132. The molecule has 100 valence electrons. The number of nitrogens with zero attached hydrogens (tertiary/aromatic N) is 2. The summed E-state index contributed by atoms with van der Waals surface area (Å²) in [4.78, 5) is 2.23. The van der Waals surface area contributed by atoms with Crippen LogP contribution < -0.4 is 10.6 Å². The van der Waals surface area contributed by atoms with Crippen LogP contribution in [0.1, 0.15) is 33.3 Å². The molecule has 3 N–H and O–H groups in total. The first-order chi connectivity index (χ1) is 8.27. The molecule has 0 aliphatic carbocycles. The maximum atomic E-state index is 8.61. The van der Waals surface area contributed by atoms with E-state index in [-0.39, 0.29) is 11.3 Å². The van der Waals surface area contributed by atoms with E-state index in [2.05, 4.69) is 44.8 Å². The van der Waals surface area contributed by atoms with Crippen molar-refractivity contribution in [1.82, 2.24) is 0 Å². The molecule has 18 heavy (non-hydrogen) atoms. The first-order valence-corrected chi connectivity index (χ1v) is 6.08. The number of hydrogen-bond donors (Lipinski definition) is 2. The van der Waals surface area contributed by atoms with Crippen molar-refractivity contribution in [3.05, 3.63) is 29.8 Å². The molecule has 4 heteroatoms. The molecule has 0 saturated heterocycles. The predicted octanol–water partition coefficient (Wildman–Crippen LogP) is 2.65. The lowest BCUT2D eigenvalue weighted by atomic mass is 9.87. The highest BCUT2D eigenvalue weighted by molar-refractivity contribution is 5.97. The summed E-state index contributed by atoms with van der Waals surface area (Å²) in [6.45, 7) is 8.87. The van der Waals surface area contributed by atoms with Gasteiger partial charge in [0, 0.05) is 24.3 Å². The zero-order valence-electron chi connectivity index (χ0n) is 11.8. The van der Waals surface area contributed by atoms with Crippen LogP contribution >= 0.6 is 0 Å². The zero-order chi connectivity index (χ0) is 13.9. The maximum Gasteiger partial charge on any atom is 0.170 e. The van der Waals surface area contributed by atoms with Crippen molar-refractivity contribution in [3.63, 3.8) is 0 Å². The molecule has 0 fully saturated rings. The molecule has 0 heterocycles. The van der Waals surface area contributed by atoms with Crippen LogP contribution in [-0.4, -0.2) is 24.1 Å². The molecule has 0 aliphatic rings. The average molecular weight is 249 g/mol. The van der Waals surface area contributed by atoms with E-state index in [1.807, 2.05) is 24.3 Å². The van der Waals surface area contributed by atoms with Gasteiger partial charge in [-0.25, -0.2) is 0 Å². The quantitative estimate of drug-likeness (QED) is 0.375. The van der Waals surface area contributed by atoms with Crippen molar-refractivity contribution < 1.29 is 5.21 Å². The summed E-state index contributed by atoms with van der Waals surface area (Å²) in [7, 11) is 2.08. The molecule has 0 amide bonds. The van der Waals surface area contributed by atoms with E-state index in [0.717, 1.165) is 11.3 Å². The Morgan fingerprint density at radius 1 is 1.28 bits per heavy atom. The number of benzene rings is 1. The smallest absolute Gasteiger partial charge is 0.170 e. The number of anilines is 1. The van der Waals surface area contributed by atoms with Gasteiger partial charge in [0.25, 0.3) is 0 Å². The molecule has 0 saturated carbocycles. The lowest BCUT2D eigenvalue weighted by Gasteiger charge is -2.37. The number of rotatable bonds is 3. The third-order valence-electron chi connectivity index (χ3n) is 3.51. The molecular formula is C14H23N3O. The SMILES string of the molecule is CC(N(C)c1ccc(C(N)=NO)cc1)C(C)(C)C. The Kier molecular flexibility index (Phi) is 4.22. The highest BCUT2D eigenvalue weighted by Gasteiger charge is 2.24. The summed E-state index contributed by atoms with van der Waals surface area (Å²) in [5.41, 5.74) is 7.58. The van der Waals surface area contributed by atoms with Crippen LogP contribution in [0.15, 0.2) is 29.4 Å². The van der Waals surface area contributed by atoms with E-state index in [1.165, 1.54) is 0 Å². The molecule has 1 rings (SSSR count). The van der Waals surface area contributed by atoms with Gasteiger partial charge in [-0.05, 0) is 36.6 Å². The Labute approximate surface area is 109 Å². The van der Waals surface area contributed by atoms with Gasteiger partial charge in [-0.1, -0.05) is 25.9 Å². The van der Waals surface area contributed by atoms with Crippen molar-refractivity contribution >= 4 is 11.5 Å². The van der Waals surface area contributed by atoms with Gasteiger partial charge in [0.15, 0.2) is 5.84 Å². The monoisotopic (exact) mass is 249 g/mol. The fourth-order valence-corrected chi connectivity index (χ4v) is 1.73. The highest BCUT2D eigenvalue weighted by atomic mass is 16.4. The molecule has 1 aromatic rings.